The van der Waals surface area contributed by atoms with Crippen molar-refractivity contribution in [1.82, 2.24) is 0 Å². The fourth-order valence-electron chi connectivity index (χ4n) is 4.70. The molecule has 1 heterocycles. The zero-order chi connectivity index (χ0) is 27.5. The van der Waals surface area contributed by atoms with Crippen molar-refractivity contribution in [2.24, 2.45) is 0 Å². The predicted molar refractivity (Wildman–Crippen MR) is 148 cm³/mol. The molecule has 0 radical (unpaired) electrons. The number of ketones is 1. The van der Waals surface area contributed by atoms with E-state index in [4.69, 9.17) is 14.2 Å². The van der Waals surface area contributed by atoms with Gasteiger partial charge in [-0.1, -0.05) is 42.5 Å². The van der Waals surface area contributed by atoms with E-state index in [0.717, 1.165) is 5.56 Å². The summed E-state index contributed by atoms with van der Waals surface area (Å²) in [6.45, 7) is 1.91. The van der Waals surface area contributed by atoms with Crippen LogP contribution in [-0.4, -0.2) is 31.0 Å². The number of anilines is 1. The number of amides is 1. The molecule has 1 unspecified atom stereocenters. The van der Waals surface area contributed by atoms with E-state index in [1.165, 1.54) is 19.1 Å². The van der Waals surface area contributed by atoms with Crippen LogP contribution in [-0.2, 0) is 9.59 Å². The predicted octanol–water partition coefficient (Wildman–Crippen LogP) is 6.43. The maximum Gasteiger partial charge on any atom is 0.300 e. The molecule has 1 aliphatic heterocycles. The van der Waals surface area contributed by atoms with Gasteiger partial charge < -0.3 is 19.3 Å². The molecule has 1 fully saturated rings. The average molecular weight is 522 g/mol. The number of ether oxygens (including phenoxy) is 3. The molecule has 4 aromatic rings. The number of nitrogens with zero attached hydrogens (tertiary/aromatic N) is 1. The Bertz CT molecular complexity index is 1580. The van der Waals surface area contributed by atoms with Gasteiger partial charge in [-0.3, -0.25) is 14.5 Å². The minimum absolute atomic E-state index is 0.0365. The van der Waals surface area contributed by atoms with Crippen molar-refractivity contribution >= 4 is 23.1 Å². The van der Waals surface area contributed by atoms with Gasteiger partial charge in [0, 0.05) is 11.3 Å². The van der Waals surface area contributed by atoms with Gasteiger partial charge in [0.15, 0.2) is 11.5 Å². The quantitative estimate of drug-likeness (QED) is 0.171. The van der Waals surface area contributed by atoms with Crippen LogP contribution in [0.5, 0.6) is 23.0 Å². The molecular formula is C32H27NO6. The standard InChI is InChI=1S/C32H27NO6/c1-20-9-7-11-23(17-20)33-29(21-10-8-14-25(18-21)39-24-12-5-4-6-13-24)28(31(35)32(33)36)30(34)22-15-16-26(37-2)27(19-22)38-3/h4-19,29,34H,1-3H3/b30-28+. The van der Waals surface area contributed by atoms with E-state index in [2.05, 4.69) is 0 Å². The van der Waals surface area contributed by atoms with Crippen LogP contribution < -0.4 is 19.1 Å². The first-order chi connectivity index (χ1) is 18.9. The van der Waals surface area contributed by atoms with Crippen LogP contribution in [0.3, 0.4) is 0 Å². The van der Waals surface area contributed by atoms with Crippen LogP contribution in [0.1, 0.15) is 22.7 Å². The Morgan fingerprint density at radius 2 is 1.49 bits per heavy atom. The van der Waals surface area contributed by atoms with E-state index >= 15 is 0 Å². The van der Waals surface area contributed by atoms with Gasteiger partial charge in [0.1, 0.15) is 17.3 Å². The van der Waals surface area contributed by atoms with E-state index < -0.39 is 17.7 Å². The number of aliphatic hydroxyl groups excluding tert-OH is 1. The highest BCUT2D eigenvalue weighted by Crippen LogP contribution is 2.44. The van der Waals surface area contributed by atoms with Crippen LogP contribution in [0.25, 0.3) is 5.76 Å². The average Bonchev–Trinajstić information content (AvgIpc) is 3.23. The topological polar surface area (TPSA) is 85.3 Å². The Kier molecular flexibility index (Phi) is 7.06. The number of aryl methyl sites for hydroxylation is 1. The lowest BCUT2D eigenvalue weighted by Gasteiger charge is -2.26. The zero-order valence-electron chi connectivity index (χ0n) is 21.8. The van der Waals surface area contributed by atoms with Gasteiger partial charge in [0.2, 0.25) is 0 Å². The number of Topliss-reactive ketones (excluding diaryl/α,β-unsaturated/α-hetero) is 1. The second-order valence-corrected chi connectivity index (χ2v) is 9.07. The number of hydrogen-bond acceptors (Lipinski definition) is 6. The number of rotatable bonds is 7. The number of methoxy groups -OCH3 is 2. The minimum atomic E-state index is -0.904. The number of benzene rings is 4. The van der Waals surface area contributed by atoms with Crippen LogP contribution in [0.2, 0.25) is 0 Å². The van der Waals surface area contributed by atoms with Gasteiger partial charge in [-0.25, -0.2) is 0 Å². The molecule has 7 heteroatoms. The summed E-state index contributed by atoms with van der Waals surface area (Å²) < 4.78 is 16.7. The lowest BCUT2D eigenvalue weighted by molar-refractivity contribution is -0.132. The number of aliphatic hydroxyl groups is 1. The third-order valence-corrected chi connectivity index (χ3v) is 6.53. The number of carbonyl (C=O) groups excluding carboxylic acids is 2. The lowest BCUT2D eigenvalue weighted by atomic mass is 9.94. The first-order valence-electron chi connectivity index (χ1n) is 12.3. The van der Waals surface area contributed by atoms with Crippen molar-refractivity contribution < 1.29 is 28.9 Å². The minimum Gasteiger partial charge on any atom is -0.507 e. The molecule has 1 saturated heterocycles. The molecule has 0 spiro atoms. The van der Waals surface area contributed by atoms with Crippen LogP contribution in [0.15, 0.2) is 103 Å². The molecular weight excluding hydrogens is 494 g/mol. The van der Waals surface area contributed by atoms with E-state index in [9.17, 15) is 14.7 Å². The molecule has 7 nitrogen and oxygen atoms in total. The molecule has 1 N–H and O–H groups in total. The molecule has 5 rings (SSSR count). The first kappa shape index (κ1) is 25.6. The van der Waals surface area contributed by atoms with E-state index in [-0.39, 0.29) is 11.3 Å². The highest BCUT2D eigenvalue weighted by atomic mass is 16.5. The molecule has 0 bridgehead atoms. The Morgan fingerprint density at radius 1 is 0.769 bits per heavy atom. The summed E-state index contributed by atoms with van der Waals surface area (Å²) in [4.78, 5) is 28.5. The second-order valence-electron chi connectivity index (χ2n) is 9.07. The van der Waals surface area contributed by atoms with Gasteiger partial charge in [-0.2, -0.15) is 0 Å². The van der Waals surface area contributed by atoms with Crippen LogP contribution in [0, 0.1) is 6.92 Å². The monoisotopic (exact) mass is 521 g/mol. The second kappa shape index (κ2) is 10.8. The Hall–Kier alpha value is -5.04. The molecule has 0 aliphatic carbocycles. The largest absolute Gasteiger partial charge is 0.507 e. The number of carbonyl (C=O) groups is 2. The van der Waals surface area contributed by atoms with Crippen molar-refractivity contribution in [2.75, 3.05) is 19.1 Å². The molecule has 4 aromatic carbocycles. The Morgan fingerprint density at radius 3 is 2.21 bits per heavy atom. The van der Waals surface area contributed by atoms with E-state index in [1.54, 1.807) is 48.5 Å². The molecule has 196 valence electrons. The molecule has 1 amide bonds. The van der Waals surface area contributed by atoms with E-state index in [0.29, 0.717) is 39.8 Å². The van der Waals surface area contributed by atoms with Crippen molar-refractivity contribution in [3.05, 3.63) is 119 Å². The maximum atomic E-state index is 13.5. The summed E-state index contributed by atoms with van der Waals surface area (Å²) in [5.74, 6) is 0.183. The molecule has 39 heavy (non-hydrogen) atoms. The van der Waals surface area contributed by atoms with Gasteiger partial charge >= 0.3 is 0 Å². The van der Waals surface area contributed by atoms with Crippen molar-refractivity contribution in [3.63, 3.8) is 0 Å². The van der Waals surface area contributed by atoms with Crippen molar-refractivity contribution in [1.29, 1.82) is 0 Å². The molecule has 0 saturated carbocycles. The van der Waals surface area contributed by atoms with E-state index in [1.807, 2.05) is 55.5 Å². The molecule has 1 atom stereocenters. The van der Waals surface area contributed by atoms with Crippen LogP contribution >= 0.6 is 0 Å². The third kappa shape index (κ3) is 4.94. The SMILES string of the molecule is COc1ccc(/C(O)=C2\C(=O)C(=O)N(c3cccc(C)c3)C2c2cccc(Oc3ccccc3)c2)cc1OC. The fraction of sp³-hybridized carbons (Fsp3) is 0.125. The Balaban J connectivity index is 1.68. The summed E-state index contributed by atoms with van der Waals surface area (Å²) in [5.41, 5.74) is 2.35. The van der Waals surface area contributed by atoms with Gasteiger partial charge in [-0.05, 0) is 72.6 Å². The highest BCUT2D eigenvalue weighted by molar-refractivity contribution is 6.51. The van der Waals surface area contributed by atoms with Crippen molar-refractivity contribution in [2.45, 2.75) is 13.0 Å². The number of para-hydroxylation sites is 1. The van der Waals surface area contributed by atoms with Gasteiger partial charge in [-0.15, -0.1) is 0 Å². The number of hydrogen-bond donors (Lipinski definition) is 1. The van der Waals surface area contributed by atoms with Gasteiger partial charge in [0.05, 0.1) is 25.8 Å². The van der Waals surface area contributed by atoms with Crippen molar-refractivity contribution in [3.8, 4) is 23.0 Å². The highest BCUT2D eigenvalue weighted by Gasteiger charge is 2.47. The van der Waals surface area contributed by atoms with Gasteiger partial charge in [0.25, 0.3) is 11.7 Å². The van der Waals surface area contributed by atoms with Crippen LogP contribution in [0.4, 0.5) is 5.69 Å². The molecule has 1 aliphatic rings. The Labute approximate surface area is 226 Å². The summed E-state index contributed by atoms with van der Waals surface area (Å²) in [5, 5.41) is 11.5. The smallest absolute Gasteiger partial charge is 0.300 e. The summed E-state index contributed by atoms with van der Waals surface area (Å²) in [7, 11) is 2.99. The lowest BCUT2D eigenvalue weighted by Crippen LogP contribution is -2.29. The summed E-state index contributed by atoms with van der Waals surface area (Å²) in [6, 6.07) is 27.7. The maximum absolute atomic E-state index is 13.5. The fourth-order valence-corrected chi connectivity index (χ4v) is 4.70. The third-order valence-electron chi connectivity index (χ3n) is 6.53. The summed E-state index contributed by atoms with van der Waals surface area (Å²) >= 11 is 0. The normalized spacial score (nSPS) is 16.3. The zero-order valence-corrected chi connectivity index (χ0v) is 21.8. The molecule has 0 aromatic heterocycles. The summed E-state index contributed by atoms with van der Waals surface area (Å²) in [6.07, 6.45) is 0. The first-order valence-corrected chi connectivity index (χ1v) is 12.3.